The summed E-state index contributed by atoms with van der Waals surface area (Å²) in [6.45, 7) is 6.26. The standard InChI is InChI=1S/C28H29BrFN3O2S/c29-20-5-3-19(4-6-20)15-31-16-22-23(17-31)24(22)18-33(28(34)27-2-1-13-36-27)21-7-8-26(25(30)14-21)32-9-11-35-12-10-32/h1-8,13-14,22-24H,9-12,15-18H2. The molecule has 1 aliphatic carbocycles. The van der Waals surface area contributed by atoms with Crippen molar-refractivity contribution in [3.05, 3.63) is 80.7 Å². The van der Waals surface area contributed by atoms with Crippen LogP contribution in [0.5, 0.6) is 0 Å². The number of likely N-dealkylation sites (tertiary alicyclic amines) is 1. The molecule has 36 heavy (non-hydrogen) atoms. The van der Waals surface area contributed by atoms with Gasteiger partial charge in [0.15, 0.2) is 0 Å². The number of hydrogen-bond donors (Lipinski definition) is 0. The van der Waals surface area contributed by atoms with Gasteiger partial charge in [-0.1, -0.05) is 34.1 Å². The van der Waals surface area contributed by atoms with Gasteiger partial charge in [0.05, 0.1) is 23.8 Å². The van der Waals surface area contributed by atoms with Crippen molar-refractivity contribution < 1.29 is 13.9 Å². The summed E-state index contributed by atoms with van der Waals surface area (Å²) in [4.78, 5) is 20.5. The van der Waals surface area contributed by atoms with Gasteiger partial charge in [0, 0.05) is 49.4 Å². The second kappa shape index (κ2) is 10.2. The van der Waals surface area contributed by atoms with Gasteiger partial charge in [-0.3, -0.25) is 9.69 Å². The van der Waals surface area contributed by atoms with Gasteiger partial charge in [-0.2, -0.15) is 0 Å². The number of halogens is 2. The first kappa shape index (κ1) is 24.1. The number of thiophene rings is 1. The average Bonchev–Trinajstić information content (AvgIpc) is 3.28. The van der Waals surface area contributed by atoms with Crippen LogP contribution >= 0.6 is 27.3 Å². The lowest BCUT2D eigenvalue weighted by Gasteiger charge is -2.30. The lowest BCUT2D eigenvalue weighted by Crippen LogP contribution is -2.37. The van der Waals surface area contributed by atoms with Crippen LogP contribution in [0, 0.1) is 23.6 Å². The van der Waals surface area contributed by atoms with Crippen LogP contribution in [0.25, 0.3) is 0 Å². The highest BCUT2D eigenvalue weighted by molar-refractivity contribution is 9.10. The van der Waals surface area contributed by atoms with Crippen LogP contribution < -0.4 is 9.80 Å². The van der Waals surface area contributed by atoms with E-state index in [4.69, 9.17) is 4.74 Å². The second-order valence-electron chi connectivity index (χ2n) is 9.94. The van der Waals surface area contributed by atoms with Crippen LogP contribution in [0.15, 0.2) is 64.5 Å². The predicted molar refractivity (Wildman–Crippen MR) is 145 cm³/mol. The van der Waals surface area contributed by atoms with E-state index in [-0.39, 0.29) is 11.7 Å². The van der Waals surface area contributed by atoms with Gasteiger partial charge in [-0.25, -0.2) is 4.39 Å². The number of morpholine rings is 1. The maximum Gasteiger partial charge on any atom is 0.268 e. The Balaban J connectivity index is 1.16. The van der Waals surface area contributed by atoms with Crippen molar-refractivity contribution in [2.75, 3.05) is 55.7 Å². The van der Waals surface area contributed by atoms with Crippen LogP contribution in [0.1, 0.15) is 15.2 Å². The molecule has 1 saturated carbocycles. The molecule has 2 atom stereocenters. The maximum absolute atomic E-state index is 15.2. The van der Waals surface area contributed by atoms with Crippen molar-refractivity contribution in [1.29, 1.82) is 0 Å². The fourth-order valence-corrected chi connectivity index (χ4v) is 6.69. The summed E-state index contributed by atoms with van der Waals surface area (Å²) in [6.07, 6.45) is 0. The van der Waals surface area contributed by atoms with Crippen molar-refractivity contribution in [3.63, 3.8) is 0 Å². The molecular weight excluding hydrogens is 541 g/mol. The van der Waals surface area contributed by atoms with E-state index in [2.05, 4.69) is 45.1 Å². The molecule has 6 rings (SSSR count). The molecule has 2 aromatic carbocycles. The number of ether oxygens (including phenoxy) is 1. The lowest BCUT2D eigenvalue weighted by molar-refractivity contribution is 0.0988. The number of fused-ring (bicyclic) bond motifs is 1. The Hall–Kier alpha value is -2.26. The monoisotopic (exact) mass is 569 g/mol. The van der Waals surface area contributed by atoms with E-state index >= 15 is 4.39 Å². The van der Waals surface area contributed by atoms with Crippen LogP contribution in [0.3, 0.4) is 0 Å². The molecule has 0 radical (unpaired) electrons. The molecule has 1 aromatic heterocycles. The Bertz CT molecular complexity index is 1200. The number of benzene rings is 2. The highest BCUT2D eigenvalue weighted by Gasteiger charge is 2.56. The summed E-state index contributed by atoms with van der Waals surface area (Å²) in [5, 5.41) is 1.92. The number of rotatable bonds is 7. The molecule has 3 aromatic rings. The first-order chi connectivity index (χ1) is 17.6. The third kappa shape index (κ3) is 4.96. The summed E-state index contributed by atoms with van der Waals surface area (Å²) >= 11 is 4.94. The quantitative estimate of drug-likeness (QED) is 0.376. The number of carbonyl (C=O) groups excluding carboxylic acids is 1. The van der Waals surface area contributed by atoms with Gasteiger partial charge in [0.2, 0.25) is 0 Å². The van der Waals surface area contributed by atoms with Gasteiger partial charge in [-0.05, 0) is 65.1 Å². The van der Waals surface area contributed by atoms with Crippen molar-refractivity contribution in [2.45, 2.75) is 6.54 Å². The molecule has 8 heteroatoms. The molecule has 188 valence electrons. The fourth-order valence-electron chi connectivity index (χ4n) is 5.76. The second-order valence-corrected chi connectivity index (χ2v) is 11.8. The minimum Gasteiger partial charge on any atom is -0.378 e. The van der Waals surface area contributed by atoms with Crippen LogP contribution in [0.2, 0.25) is 0 Å². The number of nitrogens with zero attached hydrogens (tertiary/aromatic N) is 3. The number of hydrogen-bond acceptors (Lipinski definition) is 5. The van der Waals surface area contributed by atoms with E-state index in [0.29, 0.717) is 66.9 Å². The molecule has 0 bridgehead atoms. The van der Waals surface area contributed by atoms with Gasteiger partial charge in [0.25, 0.3) is 5.91 Å². The summed E-state index contributed by atoms with van der Waals surface area (Å²) in [5.74, 6) is 1.32. The average molecular weight is 571 g/mol. The number of carbonyl (C=O) groups is 1. The molecule has 5 nitrogen and oxygen atoms in total. The summed E-state index contributed by atoms with van der Waals surface area (Å²) in [5.41, 5.74) is 2.54. The molecule has 1 amide bonds. The molecular formula is C28H29BrFN3O2S. The Morgan fingerprint density at radius 2 is 1.83 bits per heavy atom. The normalized spacial score (nSPS) is 23.5. The van der Waals surface area contributed by atoms with Crippen molar-refractivity contribution >= 4 is 44.5 Å². The van der Waals surface area contributed by atoms with Crippen LogP contribution in [-0.2, 0) is 11.3 Å². The highest BCUT2D eigenvalue weighted by atomic mass is 79.9. The lowest BCUT2D eigenvalue weighted by atomic mass is 10.1. The SMILES string of the molecule is O=C(c1cccs1)N(CC1C2CN(Cc3ccc(Br)cc3)CC21)c1ccc(N2CCOCC2)c(F)c1. The molecule has 2 unspecified atom stereocenters. The Labute approximate surface area is 223 Å². The van der Waals surface area contributed by atoms with E-state index in [9.17, 15) is 4.79 Å². The smallest absolute Gasteiger partial charge is 0.268 e. The van der Waals surface area contributed by atoms with E-state index in [0.717, 1.165) is 24.1 Å². The number of amides is 1. The molecule has 0 N–H and O–H groups in total. The van der Waals surface area contributed by atoms with Crippen LogP contribution in [0.4, 0.5) is 15.8 Å². The minimum absolute atomic E-state index is 0.0415. The fraction of sp³-hybridized carbons (Fsp3) is 0.393. The van der Waals surface area contributed by atoms with Gasteiger partial charge >= 0.3 is 0 Å². The highest BCUT2D eigenvalue weighted by Crippen LogP contribution is 2.52. The zero-order valence-electron chi connectivity index (χ0n) is 20.0. The van der Waals surface area contributed by atoms with E-state index in [1.165, 1.54) is 23.0 Å². The predicted octanol–water partition coefficient (Wildman–Crippen LogP) is 5.51. The summed E-state index contributed by atoms with van der Waals surface area (Å²) in [7, 11) is 0. The third-order valence-corrected chi connectivity index (χ3v) is 9.12. The Morgan fingerprint density at radius 1 is 1.08 bits per heavy atom. The first-order valence-electron chi connectivity index (χ1n) is 12.5. The number of anilines is 2. The molecule has 2 saturated heterocycles. The first-order valence-corrected chi connectivity index (χ1v) is 14.2. The van der Waals surface area contributed by atoms with Crippen molar-refractivity contribution in [3.8, 4) is 0 Å². The molecule has 3 fully saturated rings. The van der Waals surface area contributed by atoms with E-state index in [1.54, 1.807) is 4.90 Å². The van der Waals surface area contributed by atoms with Crippen molar-refractivity contribution in [1.82, 2.24) is 4.90 Å². The molecule has 3 heterocycles. The third-order valence-electron chi connectivity index (χ3n) is 7.73. The van der Waals surface area contributed by atoms with Crippen LogP contribution in [-0.4, -0.2) is 56.7 Å². The molecule has 3 aliphatic rings. The van der Waals surface area contributed by atoms with Gasteiger partial charge < -0.3 is 14.5 Å². The Kier molecular flexibility index (Phi) is 6.86. The number of piperidine rings is 1. The van der Waals surface area contributed by atoms with Crippen molar-refractivity contribution in [2.24, 2.45) is 17.8 Å². The van der Waals surface area contributed by atoms with E-state index < -0.39 is 0 Å². The Morgan fingerprint density at radius 3 is 2.50 bits per heavy atom. The molecule has 0 spiro atoms. The summed E-state index contributed by atoms with van der Waals surface area (Å²) < 4.78 is 21.7. The van der Waals surface area contributed by atoms with E-state index in [1.807, 2.05) is 34.5 Å². The summed E-state index contributed by atoms with van der Waals surface area (Å²) in [6, 6.07) is 17.5. The zero-order valence-corrected chi connectivity index (χ0v) is 22.4. The van der Waals surface area contributed by atoms with Gasteiger partial charge in [-0.15, -0.1) is 11.3 Å². The maximum atomic E-state index is 15.2. The largest absolute Gasteiger partial charge is 0.378 e. The van der Waals surface area contributed by atoms with Gasteiger partial charge in [0.1, 0.15) is 5.82 Å². The molecule has 2 aliphatic heterocycles. The zero-order chi connectivity index (χ0) is 24.6. The topological polar surface area (TPSA) is 36.0 Å². The minimum atomic E-state index is -0.282.